The predicted octanol–water partition coefficient (Wildman–Crippen LogP) is 8.89. The molecule has 0 bridgehead atoms. The van der Waals surface area contributed by atoms with Crippen LogP contribution in [-0.2, 0) is 0 Å². The lowest BCUT2D eigenvalue weighted by Crippen LogP contribution is -2.38. The Morgan fingerprint density at radius 2 is 1.22 bits per heavy atom. The van der Waals surface area contributed by atoms with E-state index in [-0.39, 0.29) is 0 Å². The zero-order valence-electron chi connectivity index (χ0n) is 30.7. The fourth-order valence-corrected chi connectivity index (χ4v) is 14.1. The Balaban J connectivity index is 1.48. The second-order valence-electron chi connectivity index (χ2n) is 14.5. The summed E-state index contributed by atoms with van der Waals surface area (Å²) in [5, 5.41) is 5.52. The summed E-state index contributed by atoms with van der Waals surface area (Å²) in [5.74, 6) is 2.64. The van der Waals surface area contributed by atoms with E-state index in [4.69, 9.17) is 4.74 Å². The van der Waals surface area contributed by atoms with Gasteiger partial charge in [-0.2, -0.15) is 0 Å². The molecule has 0 aromatic heterocycles. The van der Waals surface area contributed by atoms with Gasteiger partial charge in [-0.25, -0.2) is 0 Å². The van der Waals surface area contributed by atoms with Gasteiger partial charge in [-0.1, -0.05) is 109 Å². The van der Waals surface area contributed by atoms with Crippen molar-refractivity contribution in [2.24, 2.45) is 5.92 Å². The normalized spacial score (nSPS) is 21.5. The number of benzene rings is 4. The summed E-state index contributed by atoms with van der Waals surface area (Å²) in [7, 11) is 7.41. The van der Waals surface area contributed by atoms with Crippen molar-refractivity contribution in [2.45, 2.75) is 70.4 Å². The molecule has 4 aromatic rings. The minimum Gasteiger partial charge on any atom is -0.456 e. The van der Waals surface area contributed by atoms with Crippen LogP contribution in [0.3, 0.4) is 0 Å². The van der Waals surface area contributed by atoms with Crippen LogP contribution >= 0.6 is 15.8 Å². The first-order valence-electron chi connectivity index (χ1n) is 17.9. The van der Waals surface area contributed by atoms with Crippen LogP contribution < -0.4 is 26.0 Å². The highest BCUT2D eigenvalue weighted by Crippen LogP contribution is 2.54. The molecule has 1 saturated carbocycles. The largest absolute Gasteiger partial charge is 0.456 e. The van der Waals surface area contributed by atoms with E-state index in [0.29, 0.717) is 29.3 Å². The van der Waals surface area contributed by atoms with Crippen LogP contribution in [0.25, 0.3) is 0 Å². The van der Waals surface area contributed by atoms with Crippen molar-refractivity contribution < 1.29 is 4.74 Å². The number of hydrogen-bond acceptors (Lipinski definition) is 3. The van der Waals surface area contributed by atoms with Gasteiger partial charge >= 0.3 is 0 Å². The quantitative estimate of drug-likeness (QED) is 0.138. The molecule has 49 heavy (non-hydrogen) atoms. The second kappa shape index (κ2) is 15.9. The van der Waals surface area contributed by atoms with Gasteiger partial charge in [0.1, 0.15) is 11.5 Å². The fourth-order valence-electron chi connectivity index (χ4n) is 7.69. The lowest BCUT2D eigenvalue weighted by atomic mass is 9.98. The molecule has 6 rings (SSSR count). The van der Waals surface area contributed by atoms with Gasteiger partial charge in [-0.15, -0.1) is 0 Å². The fraction of sp³-hybridized carbons (Fsp3) is 0.364. The molecule has 0 aliphatic heterocycles. The molecule has 0 saturated heterocycles. The summed E-state index contributed by atoms with van der Waals surface area (Å²) in [6.07, 6.45) is 10.9. The number of hydrogen-bond donors (Lipinski definition) is 0. The number of rotatable bonds is 12. The minimum atomic E-state index is -0.796. The maximum Gasteiger partial charge on any atom is 0.135 e. The molecule has 7 atom stereocenters. The predicted molar refractivity (Wildman–Crippen MR) is 216 cm³/mol. The molecule has 3 nitrogen and oxygen atoms in total. The summed E-state index contributed by atoms with van der Waals surface area (Å²) in [6, 6.07) is 37.1. The Labute approximate surface area is 298 Å². The number of aryl methyl sites for hydroxylation is 2. The van der Waals surface area contributed by atoms with Crippen molar-refractivity contribution in [3.8, 4) is 11.5 Å². The lowest BCUT2D eigenvalue weighted by molar-refractivity contribution is 0.232. The van der Waals surface area contributed by atoms with Crippen LogP contribution in [0.4, 0.5) is 0 Å². The van der Waals surface area contributed by atoms with Crippen molar-refractivity contribution in [1.29, 1.82) is 0 Å². The van der Waals surface area contributed by atoms with Gasteiger partial charge in [-0.05, 0) is 137 Å². The van der Waals surface area contributed by atoms with Crippen molar-refractivity contribution >= 4 is 37.1 Å². The number of nitrogens with zero attached hydrogens (tertiary/aromatic N) is 2. The van der Waals surface area contributed by atoms with Crippen LogP contribution in [0.2, 0.25) is 0 Å². The van der Waals surface area contributed by atoms with Crippen molar-refractivity contribution in [3.05, 3.63) is 132 Å². The lowest BCUT2D eigenvalue weighted by Gasteiger charge is -2.36. The van der Waals surface area contributed by atoms with Crippen LogP contribution in [0.5, 0.6) is 11.5 Å². The Morgan fingerprint density at radius 1 is 0.673 bits per heavy atom. The third-order valence-electron chi connectivity index (χ3n) is 10.8. The summed E-state index contributed by atoms with van der Waals surface area (Å²) >= 11 is 0. The maximum absolute atomic E-state index is 7.33. The van der Waals surface area contributed by atoms with Gasteiger partial charge < -0.3 is 14.5 Å². The van der Waals surface area contributed by atoms with Crippen LogP contribution in [0.15, 0.2) is 121 Å². The first-order chi connectivity index (χ1) is 23.6. The standard InChI is InChI=1S/C44H54N2OP2/c1-31-25-27-39(43(29-31)48(35-17-11-9-12-18-35)41-23-15-21-37(41)33(3)45(5)6)47-40-28-26-32(2)30-44(40)49(36-19-13-10-14-20-36)42-24-16-22-38(42)34(4)46(7)8/h9-15,17-21,23,25-30,33-34,38,41-42H,16,22,24H2,1-8H3/t33-,34-,38?,41?,42?,48-,49-/m1/s1. The second-order valence-corrected chi connectivity index (χ2v) is 19.2. The molecular formula is C44H54N2OP2. The summed E-state index contributed by atoms with van der Waals surface area (Å²) in [6.45, 7) is 9.21. The van der Waals surface area contributed by atoms with Gasteiger partial charge in [-0.3, -0.25) is 0 Å². The average Bonchev–Trinajstić information content (AvgIpc) is 3.78. The van der Waals surface area contributed by atoms with E-state index in [1.165, 1.54) is 57.2 Å². The average molecular weight is 689 g/mol. The Morgan fingerprint density at radius 3 is 1.78 bits per heavy atom. The first kappa shape index (κ1) is 35.8. The van der Waals surface area contributed by atoms with Gasteiger partial charge in [0.25, 0.3) is 0 Å². The monoisotopic (exact) mass is 688 g/mol. The molecule has 2 aliphatic carbocycles. The van der Waals surface area contributed by atoms with Gasteiger partial charge in [0, 0.05) is 28.4 Å². The molecular weight excluding hydrogens is 634 g/mol. The van der Waals surface area contributed by atoms with Crippen LogP contribution in [0.1, 0.15) is 44.2 Å². The third-order valence-corrected chi connectivity index (χ3v) is 16.6. The highest BCUT2D eigenvalue weighted by atomic mass is 31.1. The smallest absolute Gasteiger partial charge is 0.135 e. The molecule has 4 aromatic carbocycles. The molecule has 0 spiro atoms. The number of allylic oxidation sites excluding steroid dienone is 3. The maximum atomic E-state index is 7.33. The van der Waals surface area contributed by atoms with Gasteiger partial charge in [0.05, 0.1) is 0 Å². The Bertz CT molecular complexity index is 1770. The first-order valence-corrected chi connectivity index (χ1v) is 20.7. The Kier molecular flexibility index (Phi) is 11.6. The zero-order valence-corrected chi connectivity index (χ0v) is 32.5. The van der Waals surface area contributed by atoms with E-state index in [1.54, 1.807) is 0 Å². The molecule has 0 radical (unpaired) electrons. The molecule has 0 N–H and O–H groups in total. The van der Waals surface area contributed by atoms with Crippen molar-refractivity contribution in [2.75, 3.05) is 28.2 Å². The van der Waals surface area contributed by atoms with Gasteiger partial charge in [0.15, 0.2) is 0 Å². The van der Waals surface area contributed by atoms with E-state index < -0.39 is 15.8 Å². The van der Waals surface area contributed by atoms with E-state index in [2.05, 4.69) is 181 Å². The molecule has 5 heteroatoms. The summed E-state index contributed by atoms with van der Waals surface area (Å²) in [5.41, 5.74) is 4.92. The molecule has 0 amide bonds. The summed E-state index contributed by atoms with van der Waals surface area (Å²) in [4.78, 5) is 4.76. The van der Waals surface area contributed by atoms with Crippen molar-refractivity contribution in [1.82, 2.24) is 9.80 Å². The van der Waals surface area contributed by atoms with Crippen LogP contribution in [-0.4, -0.2) is 61.4 Å². The molecule has 2 aliphatic rings. The molecule has 3 unspecified atom stereocenters. The van der Waals surface area contributed by atoms with E-state index in [9.17, 15) is 0 Å². The molecule has 0 heterocycles. The topological polar surface area (TPSA) is 15.7 Å². The highest BCUT2D eigenvalue weighted by Gasteiger charge is 2.40. The summed E-state index contributed by atoms with van der Waals surface area (Å²) < 4.78 is 7.33. The highest BCUT2D eigenvalue weighted by molar-refractivity contribution is 7.74. The Hall–Kier alpha value is -3.06. The SMILES string of the molecule is Cc1ccc(Oc2ccc(C)cc2[P@](c2ccccc2)C2CCCC2[C@@H](C)N(C)C)c([P@](c2ccccc2)C2C=CC=C2[C@@H](C)N(C)C)c1. The van der Waals surface area contributed by atoms with Gasteiger partial charge in [0.2, 0.25) is 0 Å². The van der Waals surface area contributed by atoms with E-state index in [0.717, 1.165) is 11.5 Å². The molecule has 256 valence electrons. The number of ether oxygens (including phenoxy) is 1. The van der Waals surface area contributed by atoms with E-state index >= 15 is 0 Å². The number of likely N-dealkylation sites (N-methyl/N-ethyl adjacent to an activating group) is 1. The van der Waals surface area contributed by atoms with Crippen LogP contribution in [0, 0.1) is 19.8 Å². The van der Waals surface area contributed by atoms with E-state index in [1.807, 2.05) is 0 Å². The third kappa shape index (κ3) is 7.82. The molecule has 1 fully saturated rings. The van der Waals surface area contributed by atoms with Crippen molar-refractivity contribution in [3.63, 3.8) is 0 Å². The zero-order chi connectivity index (χ0) is 34.7. The minimum absolute atomic E-state index is 0.296.